The highest BCUT2D eigenvalue weighted by molar-refractivity contribution is 5.57. The molecule has 106 valence electrons. The molecule has 0 saturated heterocycles. The lowest BCUT2D eigenvalue weighted by Crippen LogP contribution is -2.20. The first kappa shape index (κ1) is 15.2. The summed E-state index contributed by atoms with van der Waals surface area (Å²) in [5.74, 6) is 0. The van der Waals surface area contributed by atoms with Crippen molar-refractivity contribution in [2.45, 2.75) is 19.2 Å². The number of nitro benzene ring substituents is 1. The van der Waals surface area contributed by atoms with E-state index in [9.17, 15) is 23.3 Å². The van der Waals surface area contributed by atoms with Crippen molar-refractivity contribution in [1.82, 2.24) is 0 Å². The molecule has 19 heavy (non-hydrogen) atoms. The van der Waals surface area contributed by atoms with Crippen LogP contribution < -0.4 is 5.32 Å². The van der Waals surface area contributed by atoms with Crippen LogP contribution >= 0.6 is 0 Å². The molecule has 1 N–H and O–H groups in total. The number of nitrogens with zero attached hydrogens (tertiary/aromatic N) is 1. The lowest BCUT2D eigenvalue weighted by Gasteiger charge is -2.16. The van der Waals surface area contributed by atoms with E-state index in [1.165, 1.54) is 7.11 Å². The number of methoxy groups -OCH3 is 1. The Kier molecular flexibility index (Phi) is 4.71. The van der Waals surface area contributed by atoms with Crippen molar-refractivity contribution in [3.05, 3.63) is 33.9 Å². The lowest BCUT2D eigenvalue weighted by atomic mass is 10.1. The van der Waals surface area contributed by atoms with E-state index in [-0.39, 0.29) is 18.3 Å². The highest BCUT2D eigenvalue weighted by atomic mass is 19.4. The van der Waals surface area contributed by atoms with Gasteiger partial charge in [0.15, 0.2) is 0 Å². The van der Waals surface area contributed by atoms with Crippen LogP contribution in [0.25, 0.3) is 0 Å². The van der Waals surface area contributed by atoms with Gasteiger partial charge >= 0.3 is 6.18 Å². The minimum Gasteiger partial charge on any atom is -0.382 e. The second kappa shape index (κ2) is 5.87. The number of ether oxygens (including phenoxy) is 1. The number of hydrogen-bond acceptors (Lipinski definition) is 4. The molecule has 1 rings (SSSR count). The SMILES string of the molecule is COC(C)CNc1ccc([N+](=O)[O-])cc1C(F)(F)F. The van der Waals surface area contributed by atoms with Crippen molar-refractivity contribution in [3.63, 3.8) is 0 Å². The van der Waals surface area contributed by atoms with Gasteiger partial charge < -0.3 is 10.1 Å². The summed E-state index contributed by atoms with van der Waals surface area (Å²) in [5, 5.41) is 13.1. The largest absolute Gasteiger partial charge is 0.418 e. The summed E-state index contributed by atoms with van der Waals surface area (Å²) in [6.07, 6.45) is -4.94. The summed E-state index contributed by atoms with van der Waals surface area (Å²) in [5.41, 5.74) is -1.87. The molecule has 0 aliphatic rings. The number of benzene rings is 1. The second-order valence-electron chi connectivity index (χ2n) is 3.91. The quantitative estimate of drug-likeness (QED) is 0.664. The Morgan fingerprint density at radius 2 is 2.11 bits per heavy atom. The van der Waals surface area contributed by atoms with E-state index < -0.39 is 22.4 Å². The van der Waals surface area contributed by atoms with Crippen LogP contribution in [0.3, 0.4) is 0 Å². The standard InChI is InChI=1S/C11H13F3N2O3/c1-7(19-2)6-15-10-4-3-8(16(17)18)5-9(10)11(12,13)14/h3-5,7,15H,6H2,1-2H3. The van der Waals surface area contributed by atoms with Crippen LogP contribution in [0.1, 0.15) is 12.5 Å². The van der Waals surface area contributed by atoms with Gasteiger partial charge in [-0.05, 0) is 13.0 Å². The highest BCUT2D eigenvalue weighted by Crippen LogP contribution is 2.37. The number of nitrogens with one attached hydrogen (secondary N) is 1. The molecular formula is C11H13F3N2O3. The van der Waals surface area contributed by atoms with Gasteiger partial charge in [-0.2, -0.15) is 13.2 Å². The van der Waals surface area contributed by atoms with Crippen LogP contribution in [-0.2, 0) is 10.9 Å². The first-order valence-corrected chi connectivity index (χ1v) is 5.38. The molecule has 0 radical (unpaired) electrons. The summed E-state index contributed by atoms with van der Waals surface area (Å²) in [6, 6.07) is 2.58. The predicted octanol–water partition coefficient (Wildman–Crippen LogP) is 3.06. The molecule has 0 saturated carbocycles. The Morgan fingerprint density at radius 1 is 1.47 bits per heavy atom. The van der Waals surface area contributed by atoms with E-state index in [4.69, 9.17) is 4.74 Å². The third-order valence-electron chi connectivity index (χ3n) is 2.50. The van der Waals surface area contributed by atoms with Crippen molar-refractivity contribution in [3.8, 4) is 0 Å². The molecule has 0 aliphatic carbocycles. The Bertz CT molecular complexity index is 463. The molecule has 0 bridgehead atoms. The van der Waals surface area contributed by atoms with Crippen molar-refractivity contribution in [2.75, 3.05) is 19.0 Å². The van der Waals surface area contributed by atoms with Crippen LogP contribution in [0, 0.1) is 10.1 Å². The van der Waals surface area contributed by atoms with Gasteiger partial charge in [0.2, 0.25) is 0 Å². The molecule has 0 heterocycles. The fourth-order valence-electron chi connectivity index (χ4n) is 1.37. The third-order valence-corrected chi connectivity index (χ3v) is 2.50. The summed E-state index contributed by atoms with van der Waals surface area (Å²) >= 11 is 0. The molecule has 0 fully saturated rings. The molecular weight excluding hydrogens is 265 g/mol. The predicted molar refractivity (Wildman–Crippen MR) is 63.1 cm³/mol. The average molecular weight is 278 g/mol. The van der Waals surface area contributed by atoms with E-state index in [1.807, 2.05) is 0 Å². The topological polar surface area (TPSA) is 64.4 Å². The summed E-state index contributed by atoms with van der Waals surface area (Å²) in [4.78, 5) is 9.64. The number of rotatable bonds is 5. The second-order valence-corrected chi connectivity index (χ2v) is 3.91. The lowest BCUT2D eigenvalue weighted by molar-refractivity contribution is -0.385. The minimum absolute atomic E-state index is 0.164. The van der Waals surface area contributed by atoms with Crippen LogP contribution in [0.2, 0.25) is 0 Å². The molecule has 0 aromatic heterocycles. The van der Waals surface area contributed by atoms with E-state index in [2.05, 4.69) is 5.32 Å². The molecule has 1 unspecified atom stereocenters. The Labute approximate surface area is 107 Å². The Hall–Kier alpha value is -1.83. The summed E-state index contributed by atoms with van der Waals surface area (Å²) < 4.78 is 43.3. The molecule has 0 spiro atoms. The summed E-state index contributed by atoms with van der Waals surface area (Å²) in [6.45, 7) is 1.85. The van der Waals surface area contributed by atoms with Gasteiger partial charge in [0.25, 0.3) is 5.69 Å². The van der Waals surface area contributed by atoms with Crippen LogP contribution in [-0.4, -0.2) is 24.7 Å². The normalized spacial score (nSPS) is 13.1. The fourth-order valence-corrected chi connectivity index (χ4v) is 1.37. The van der Waals surface area contributed by atoms with Gasteiger partial charge in [-0.25, -0.2) is 0 Å². The molecule has 1 aromatic rings. The average Bonchev–Trinajstić information content (AvgIpc) is 2.34. The first-order valence-electron chi connectivity index (χ1n) is 5.38. The molecule has 8 heteroatoms. The number of alkyl halides is 3. The summed E-state index contributed by atoms with van der Waals surface area (Å²) in [7, 11) is 1.44. The van der Waals surface area contributed by atoms with E-state index in [1.54, 1.807) is 6.92 Å². The number of nitro groups is 1. The first-order chi connectivity index (χ1) is 8.75. The van der Waals surface area contributed by atoms with E-state index in [0.717, 1.165) is 12.1 Å². The molecule has 1 atom stereocenters. The monoisotopic (exact) mass is 278 g/mol. The van der Waals surface area contributed by atoms with E-state index >= 15 is 0 Å². The van der Waals surface area contributed by atoms with Gasteiger partial charge in [0.05, 0.1) is 16.6 Å². The van der Waals surface area contributed by atoms with E-state index in [0.29, 0.717) is 6.07 Å². The maximum atomic E-state index is 12.8. The van der Waals surface area contributed by atoms with Gasteiger partial charge in [-0.1, -0.05) is 0 Å². The number of hydrogen-bond donors (Lipinski definition) is 1. The zero-order valence-corrected chi connectivity index (χ0v) is 10.3. The van der Waals surface area contributed by atoms with Gasteiger partial charge in [-0.15, -0.1) is 0 Å². The van der Waals surface area contributed by atoms with Crippen molar-refractivity contribution >= 4 is 11.4 Å². The fraction of sp³-hybridized carbons (Fsp3) is 0.455. The minimum atomic E-state index is -4.66. The Morgan fingerprint density at radius 3 is 2.58 bits per heavy atom. The smallest absolute Gasteiger partial charge is 0.382 e. The maximum Gasteiger partial charge on any atom is 0.418 e. The number of non-ortho nitro benzene ring substituents is 1. The van der Waals surface area contributed by atoms with Crippen molar-refractivity contribution in [1.29, 1.82) is 0 Å². The maximum absolute atomic E-state index is 12.8. The molecule has 1 aromatic carbocycles. The molecule has 5 nitrogen and oxygen atoms in total. The third kappa shape index (κ3) is 4.09. The zero-order valence-electron chi connectivity index (χ0n) is 10.3. The highest BCUT2D eigenvalue weighted by Gasteiger charge is 2.35. The van der Waals surface area contributed by atoms with Gasteiger partial charge in [0.1, 0.15) is 0 Å². The molecule has 0 amide bonds. The molecule has 0 aliphatic heterocycles. The number of halogens is 3. The van der Waals surface area contributed by atoms with Gasteiger partial charge in [0, 0.05) is 31.5 Å². The van der Waals surface area contributed by atoms with Crippen LogP contribution in [0.4, 0.5) is 24.5 Å². The number of anilines is 1. The van der Waals surface area contributed by atoms with Crippen LogP contribution in [0.5, 0.6) is 0 Å². The van der Waals surface area contributed by atoms with Crippen molar-refractivity contribution in [2.24, 2.45) is 0 Å². The van der Waals surface area contributed by atoms with Gasteiger partial charge in [-0.3, -0.25) is 10.1 Å². The Balaban J connectivity index is 3.06. The van der Waals surface area contributed by atoms with Crippen molar-refractivity contribution < 1.29 is 22.8 Å². The zero-order chi connectivity index (χ0) is 14.6. The van der Waals surface area contributed by atoms with Crippen LogP contribution in [0.15, 0.2) is 18.2 Å².